The molecule has 1 aliphatic rings. The average Bonchev–Trinajstić information content (AvgIpc) is 2.67. The van der Waals surface area contributed by atoms with E-state index in [1.165, 1.54) is 38.5 Å². The van der Waals surface area contributed by atoms with Gasteiger partial charge >= 0.3 is 0 Å². The molecule has 0 spiro atoms. The van der Waals surface area contributed by atoms with Crippen LogP contribution in [-0.2, 0) is 11.2 Å². The largest absolute Gasteiger partial charge is 0.361 e. The quantitative estimate of drug-likeness (QED) is 0.625. The maximum Gasteiger partial charge on any atom is 0.226 e. The minimum atomic E-state index is 0. The second-order valence-corrected chi connectivity index (χ2v) is 5.60. The smallest absolute Gasteiger partial charge is 0.226 e. The topological polar surface area (TPSA) is 67.2 Å². The molecule has 5 nitrogen and oxygen atoms in total. The summed E-state index contributed by atoms with van der Waals surface area (Å²) >= 11 is 0. The molecule has 1 heterocycles. The van der Waals surface area contributed by atoms with Gasteiger partial charge in [-0.2, -0.15) is 0 Å². The summed E-state index contributed by atoms with van der Waals surface area (Å²) in [7, 11) is 0. The van der Waals surface area contributed by atoms with Crippen molar-refractivity contribution in [1.29, 1.82) is 0 Å². The van der Waals surface area contributed by atoms with Gasteiger partial charge in [-0.15, -0.1) is 12.4 Å². The van der Waals surface area contributed by atoms with Crippen molar-refractivity contribution in [2.75, 3.05) is 13.1 Å². The number of hydrogen-bond acceptors (Lipinski definition) is 4. The summed E-state index contributed by atoms with van der Waals surface area (Å²) in [5, 5.41) is 10.3. The Morgan fingerprint density at radius 2 is 2.00 bits per heavy atom. The summed E-state index contributed by atoms with van der Waals surface area (Å²) in [6.45, 7) is 3.34. The van der Waals surface area contributed by atoms with Crippen LogP contribution in [0.15, 0.2) is 10.6 Å². The Bertz CT molecular complexity index is 415. The number of carbonyl (C=O) groups excluding carboxylic acids is 1. The second-order valence-electron chi connectivity index (χ2n) is 5.60. The van der Waals surface area contributed by atoms with Crippen LogP contribution in [0.1, 0.15) is 50.0 Å². The van der Waals surface area contributed by atoms with E-state index < -0.39 is 0 Å². The molecule has 0 aromatic carbocycles. The third kappa shape index (κ3) is 6.96. The van der Waals surface area contributed by atoms with E-state index in [0.717, 1.165) is 12.3 Å². The van der Waals surface area contributed by atoms with Gasteiger partial charge < -0.3 is 15.2 Å². The number of rotatable bonds is 6. The molecule has 2 N–H and O–H groups in total. The molecule has 0 aliphatic heterocycles. The van der Waals surface area contributed by atoms with Crippen molar-refractivity contribution in [1.82, 2.24) is 15.8 Å². The standard InChI is InChI=1S/C15H25N3O2.ClH/c1-12-10-14(18-20-12)11-15(19)17-9-8-16-13-6-4-2-3-5-7-13;/h10,13,16H,2-9,11H2,1H3,(H,17,19);1H. The Kier molecular flexibility index (Phi) is 8.38. The normalized spacial score (nSPS) is 16.0. The summed E-state index contributed by atoms with van der Waals surface area (Å²) < 4.78 is 4.94. The molecule has 2 rings (SSSR count). The van der Waals surface area contributed by atoms with Crippen LogP contribution in [-0.4, -0.2) is 30.2 Å². The van der Waals surface area contributed by atoms with Crippen LogP contribution >= 0.6 is 12.4 Å². The predicted molar refractivity (Wildman–Crippen MR) is 84.7 cm³/mol. The van der Waals surface area contributed by atoms with E-state index in [2.05, 4.69) is 15.8 Å². The molecule has 1 amide bonds. The van der Waals surface area contributed by atoms with E-state index in [0.29, 0.717) is 24.7 Å². The molecule has 0 unspecified atom stereocenters. The minimum absolute atomic E-state index is 0. The van der Waals surface area contributed by atoms with Gasteiger partial charge in [0.25, 0.3) is 0 Å². The lowest BCUT2D eigenvalue weighted by molar-refractivity contribution is -0.120. The first-order valence-corrected chi connectivity index (χ1v) is 7.66. The molecular weight excluding hydrogens is 290 g/mol. The molecule has 0 radical (unpaired) electrons. The van der Waals surface area contributed by atoms with Gasteiger partial charge in [0.05, 0.1) is 12.1 Å². The number of amides is 1. The minimum Gasteiger partial charge on any atom is -0.361 e. The fraction of sp³-hybridized carbons (Fsp3) is 0.733. The summed E-state index contributed by atoms with van der Waals surface area (Å²) in [5.74, 6) is 0.740. The van der Waals surface area contributed by atoms with E-state index in [9.17, 15) is 4.79 Å². The van der Waals surface area contributed by atoms with E-state index in [4.69, 9.17) is 4.52 Å². The van der Waals surface area contributed by atoms with Gasteiger partial charge in [-0.05, 0) is 19.8 Å². The van der Waals surface area contributed by atoms with E-state index in [1.807, 2.05) is 6.92 Å². The molecule has 1 aromatic rings. The van der Waals surface area contributed by atoms with Crippen LogP contribution in [0.25, 0.3) is 0 Å². The Morgan fingerprint density at radius 3 is 2.62 bits per heavy atom. The molecule has 0 bridgehead atoms. The SMILES string of the molecule is Cc1cc(CC(=O)NCCNC2CCCCCC2)no1.Cl. The molecule has 1 aromatic heterocycles. The number of hydrogen-bond donors (Lipinski definition) is 2. The monoisotopic (exact) mass is 315 g/mol. The summed E-state index contributed by atoms with van der Waals surface area (Å²) in [6, 6.07) is 2.43. The Hall–Kier alpha value is -1.07. The van der Waals surface area contributed by atoms with Crippen molar-refractivity contribution in [3.8, 4) is 0 Å². The molecule has 0 saturated heterocycles. The van der Waals surface area contributed by atoms with Gasteiger partial charge in [0.2, 0.25) is 5.91 Å². The third-order valence-corrected chi connectivity index (χ3v) is 3.75. The lowest BCUT2D eigenvalue weighted by Gasteiger charge is -2.16. The first-order chi connectivity index (χ1) is 9.74. The van der Waals surface area contributed by atoms with Crippen molar-refractivity contribution >= 4 is 18.3 Å². The number of aryl methyl sites for hydroxylation is 1. The highest BCUT2D eigenvalue weighted by atomic mass is 35.5. The van der Waals surface area contributed by atoms with Crippen molar-refractivity contribution in [3.05, 3.63) is 17.5 Å². The van der Waals surface area contributed by atoms with E-state index >= 15 is 0 Å². The van der Waals surface area contributed by atoms with Crippen LogP contribution < -0.4 is 10.6 Å². The molecule has 120 valence electrons. The van der Waals surface area contributed by atoms with Gasteiger partial charge in [0, 0.05) is 25.2 Å². The number of carbonyl (C=O) groups is 1. The molecule has 1 saturated carbocycles. The highest BCUT2D eigenvalue weighted by Gasteiger charge is 2.11. The third-order valence-electron chi connectivity index (χ3n) is 3.75. The van der Waals surface area contributed by atoms with Crippen LogP contribution in [0.4, 0.5) is 0 Å². The second kappa shape index (κ2) is 9.79. The zero-order valence-corrected chi connectivity index (χ0v) is 13.5. The van der Waals surface area contributed by atoms with Gasteiger partial charge in [0.15, 0.2) is 0 Å². The Labute approximate surface area is 132 Å². The summed E-state index contributed by atoms with van der Waals surface area (Å²) in [5.41, 5.74) is 0.691. The first-order valence-electron chi connectivity index (χ1n) is 7.66. The van der Waals surface area contributed by atoms with Crippen molar-refractivity contribution in [3.63, 3.8) is 0 Å². The fourth-order valence-electron chi connectivity index (χ4n) is 2.69. The summed E-state index contributed by atoms with van der Waals surface area (Å²) in [6.07, 6.45) is 8.22. The van der Waals surface area contributed by atoms with Crippen molar-refractivity contribution in [2.24, 2.45) is 0 Å². The molecule has 21 heavy (non-hydrogen) atoms. The number of aromatic nitrogens is 1. The Balaban J connectivity index is 0.00000220. The zero-order valence-electron chi connectivity index (χ0n) is 12.7. The summed E-state index contributed by atoms with van der Waals surface area (Å²) in [4.78, 5) is 11.7. The number of nitrogens with zero attached hydrogens (tertiary/aromatic N) is 1. The highest BCUT2D eigenvalue weighted by Crippen LogP contribution is 2.16. The molecule has 1 fully saturated rings. The van der Waals surface area contributed by atoms with E-state index in [-0.39, 0.29) is 18.3 Å². The van der Waals surface area contributed by atoms with Gasteiger partial charge in [-0.25, -0.2) is 0 Å². The van der Waals surface area contributed by atoms with Crippen molar-refractivity contribution < 1.29 is 9.32 Å². The van der Waals surface area contributed by atoms with Crippen LogP contribution in [0.5, 0.6) is 0 Å². The maximum absolute atomic E-state index is 11.7. The molecule has 1 aliphatic carbocycles. The van der Waals surface area contributed by atoms with Crippen LogP contribution in [0.3, 0.4) is 0 Å². The lowest BCUT2D eigenvalue weighted by atomic mass is 10.1. The van der Waals surface area contributed by atoms with Gasteiger partial charge in [0.1, 0.15) is 5.76 Å². The molecule has 6 heteroatoms. The van der Waals surface area contributed by atoms with Crippen LogP contribution in [0, 0.1) is 6.92 Å². The molecule has 0 atom stereocenters. The first kappa shape index (κ1) is 18.0. The Morgan fingerprint density at radius 1 is 1.29 bits per heavy atom. The number of nitrogens with one attached hydrogen (secondary N) is 2. The maximum atomic E-state index is 11.7. The average molecular weight is 316 g/mol. The number of halogens is 1. The van der Waals surface area contributed by atoms with Crippen LogP contribution in [0.2, 0.25) is 0 Å². The zero-order chi connectivity index (χ0) is 14.2. The van der Waals surface area contributed by atoms with Gasteiger partial charge in [-0.3, -0.25) is 4.79 Å². The lowest BCUT2D eigenvalue weighted by Crippen LogP contribution is -2.37. The van der Waals surface area contributed by atoms with Crippen molar-refractivity contribution in [2.45, 2.75) is 57.9 Å². The highest BCUT2D eigenvalue weighted by molar-refractivity contribution is 5.85. The predicted octanol–water partition coefficient (Wildman–Crippen LogP) is 2.38. The van der Waals surface area contributed by atoms with Gasteiger partial charge in [-0.1, -0.05) is 30.8 Å². The molecular formula is C15H26ClN3O2. The fourth-order valence-corrected chi connectivity index (χ4v) is 2.69. The van der Waals surface area contributed by atoms with E-state index in [1.54, 1.807) is 6.07 Å².